The van der Waals surface area contributed by atoms with Crippen molar-refractivity contribution in [2.24, 2.45) is 4.99 Å². The number of nitrogens with one attached hydrogen (secondary N) is 2. The van der Waals surface area contributed by atoms with Crippen molar-refractivity contribution in [2.75, 3.05) is 32.1 Å². The summed E-state index contributed by atoms with van der Waals surface area (Å²) >= 11 is 1.78. The van der Waals surface area contributed by atoms with Gasteiger partial charge in [-0.25, -0.2) is 0 Å². The summed E-state index contributed by atoms with van der Waals surface area (Å²) in [5, 5.41) is 9.10. The van der Waals surface area contributed by atoms with Gasteiger partial charge < -0.3 is 20.3 Å². The summed E-state index contributed by atoms with van der Waals surface area (Å²) in [6.07, 6.45) is 1.09. The molecule has 1 fully saturated rings. The van der Waals surface area contributed by atoms with Gasteiger partial charge in [0.25, 0.3) is 0 Å². The lowest BCUT2D eigenvalue weighted by molar-refractivity contribution is 0.415. The molecule has 0 saturated carbocycles. The van der Waals surface area contributed by atoms with Crippen molar-refractivity contribution in [1.82, 2.24) is 10.6 Å². The second kappa shape index (κ2) is 8.25. The number of hydrogen-bond acceptors (Lipinski definition) is 4. The maximum absolute atomic E-state index is 5.33. The Labute approximate surface area is 153 Å². The van der Waals surface area contributed by atoms with Crippen LogP contribution in [-0.4, -0.2) is 39.2 Å². The third kappa shape index (κ3) is 4.45. The number of ether oxygens (including phenoxy) is 1. The van der Waals surface area contributed by atoms with E-state index in [1.807, 2.05) is 19.2 Å². The van der Waals surface area contributed by atoms with Crippen molar-refractivity contribution >= 4 is 23.0 Å². The van der Waals surface area contributed by atoms with Crippen LogP contribution in [0.2, 0.25) is 0 Å². The number of benzene rings is 1. The lowest BCUT2D eigenvalue weighted by atomic mass is 10.2. The molecular formula is C19H26N4OS. The van der Waals surface area contributed by atoms with Gasteiger partial charge in [0, 0.05) is 42.8 Å². The second-order valence-electron chi connectivity index (χ2n) is 6.23. The second-order valence-corrected chi connectivity index (χ2v) is 7.23. The quantitative estimate of drug-likeness (QED) is 0.637. The lowest BCUT2D eigenvalue weighted by Crippen LogP contribution is -2.44. The molecule has 2 heterocycles. The maximum atomic E-state index is 5.33. The maximum Gasteiger partial charge on any atom is 0.191 e. The molecule has 0 spiro atoms. The number of nitrogens with zero attached hydrogens (tertiary/aromatic N) is 2. The third-order valence-electron chi connectivity index (χ3n) is 4.56. The van der Waals surface area contributed by atoms with Gasteiger partial charge in [-0.2, -0.15) is 0 Å². The molecule has 1 saturated heterocycles. The van der Waals surface area contributed by atoms with Crippen molar-refractivity contribution in [3.63, 3.8) is 0 Å². The largest absolute Gasteiger partial charge is 0.497 e. The zero-order valence-corrected chi connectivity index (χ0v) is 15.9. The highest BCUT2D eigenvalue weighted by Crippen LogP contribution is 2.24. The van der Waals surface area contributed by atoms with E-state index in [4.69, 9.17) is 4.74 Å². The molecular weight excluding hydrogens is 332 g/mol. The van der Waals surface area contributed by atoms with Crippen molar-refractivity contribution in [3.8, 4) is 5.75 Å². The third-order valence-corrected chi connectivity index (χ3v) is 5.58. The fraction of sp³-hybridized carbons (Fsp3) is 0.421. The minimum Gasteiger partial charge on any atom is -0.497 e. The number of anilines is 1. The van der Waals surface area contributed by atoms with E-state index in [1.54, 1.807) is 18.4 Å². The Bertz CT molecular complexity index is 728. The summed E-state index contributed by atoms with van der Waals surface area (Å²) in [7, 11) is 3.53. The molecule has 2 N–H and O–H groups in total. The van der Waals surface area contributed by atoms with Crippen molar-refractivity contribution < 1.29 is 4.74 Å². The van der Waals surface area contributed by atoms with Crippen LogP contribution in [-0.2, 0) is 6.54 Å². The molecule has 2 aromatic rings. The molecule has 1 aromatic heterocycles. The molecule has 0 amide bonds. The molecule has 6 heteroatoms. The first-order valence-corrected chi connectivity index (χ1v) is 9.46. The van der Waals surface area contributed by atoms with Gasteiger partial charge in [0.15, 0.2) is 5.96 Å². The van der Waals surface area contributed by atoms with Crippen LogP contribution in [0.4, 0.5) is 5.69 Å². The summed E-state index contributed by atoms with van der Waals surface area (Å²) in [5.41, 5.74) is 2.54. The summed E-state index contributed by atoms with van der Waals surface area (Å²) in [5.74, 6) is 1.77. The minimum absolute atomic E-state index is 0.391. The molecule has 0 radical (unpaired) electrons. The minimum atomic E-state index is 0.391. The van der Waals surface area contributed by atoms with E-state index in [1.165, 1.54) is 16.1 Å². The van der Waals surface area contributed by atoms with E-state index in [9.17, 15) is 0 Å². The van der Waals surface area contributed by atoms with E-state index in [0.29, 0.717) is 6.04 Å². The van der Waals surface area contributed by atoms with Gasteiger partial charge >= 0.3 is 0 Å². The van der Waals surface area contributed by atoms with Crippen LogP contribution in [0.15, 0.2) is 40.7 Å². The molecule has 3 rings (SSSR count). The van der Waals surface area contributed by atoms with Crippen LogP contribution < -0.4 is 20.3 Å². The standard InChI is InChI=1S/C19H26N4OS/c1-14-8-10-25-18(14)12-21-19(20-2)22-15-7-9-23(13-15)16-5-4-6-17(11-16)24-3/h4-6,8,10-11,15H,7,9,12-13H2,1-3H3,(H2,20,21,22). The Morgan fingerprint density at radius 1 is 1.40 bits per heavy atom. The number of guanidine groups is 1. The van der Waals surface area contributed by atoms with E-state index < -0.39 is 0 Å². The molecule has 1 aliphatic heterocycles. The lowest BCUT2D eigenvalue weighted by Gasteiger charge is -2.21. The highest BCUT2D eigenvalue weighted by atomic mass is 32.1. The number of thiophene rings is 1. The smallest absolute Gasteiger partial charge is 0.191 e. The molecule has 1 unspecified atom stereocenters. The fourth-order valence-electron chi connectivity index (χ4n) is 3.06. The number of methoxy groups -OCH3 is 1. The van der Waals surface area contributed by atoms with Gasteiger partial charge in [-0.15, -0.1) is 11.3 Å². The SMILES string of the molecule is CN=C(NCc1sccc1C)NC1CCN(c2cccc(OC)c2)C1. The monoisotopic (exact) mass is 358 g/mol. The Morgan fingerprint density at radius 3 is 3.00 bits per heavy atom. The molecule has 5 nitrogen and oxygen atoms in total. The van der Waals surface area contributed by atoms with Crippen LogP contribution in [0.1, 0.15) is 16.9 Å². The first-order chi connectivity index (χ1) is 12.2. The Hall–Kier alpha value is -2.21. The van der Waals surface area contributed by atoms with Gasteiger partial charge in [0.1, 0.15) is 5.75 Å². The Morgan fingerprint density at radius 2 is 2.28 bits per heavy atom. The normalized spacial score (nSPS) is 17.6. The highest BCUT2D eigenvalue weighted by molar-refractivity contribution is 7.10. The molecule has 1 aromatic carbocycles. The summed E-state index contributed by atoms with van der Waals surface area (Å²) in [6.45, 7) is 4.96. The van der Waals surface area contributed by atoms with Gasteiger partial charge in [0.05, 0.1) is 13.7 Å². The van der Waals surface area contributed by atoms with Crippen LogP contribution in [0, 0.1) is 6.92 Å². The van der Waals surface area contributed by atoms with Gasteiger partial charge in [0.2, 0.25) is 0 Å². The summed E-state index contributed by atoms with van der Waals surface area (Å²) in [4.78, 5) is 8.11. The summed E-state index contributed by atoms with van der Waals surface area (Å²) in [6, 6.07) is 10.8. The van der Waals surface area contributed by atoms with Crippen molar-refractivity contribution in [1.29, 1.82) is 0 Å². The van der Waals surface area contributed by atoms with Crippen LogP contribution >= 0.6 is 11.3 Å². The molecule has 25 heavy (non-hydrogen) atoms. The zero-order chi connectivity index (χ0) is 17.6. The van der Waals surface area contributed by atoms with Gasteiger partial charge in [-0.05, 0) is 42.5 Å². The van der Waals surface area contributed by atoms with Crippen LogP contribution in [0.25, 0.3) is 0 Å². The van der Waals surface area contributed by atoms with E-state index in [0.717, 1.165) is 37.8 Å². The number of rotatable bonds is 5. The van der Waals surface area contributed by atoms with Crippen molar-refractivity contribution in [3.05, 3.63) is 46.2 Å². The van der Waals surface area contributed by atoms with Crippen LogP contribution in [0.5, 0.6) is 5.75 Å². The highest BCUT2D eigenvalue weighted by Gasteiger charge is 2.23. The van der Waals surface area contributed by atoms with Crippen molar-refractivity contribution in [2.45, 2.75) is 25.9 Å². The summed E-state index contributed by atoms with van der Waals surface area (Å²) < 4.78 is 5.33. The topological polar surface area (TPSA) is 48.9 Å². The van der Waals surface area contributed by atoms with E-state index >= 15 is 0 Å². The zero-order valence-electron chi connectivity index (χ0n) is 15.1. The van der Waals surface area contributed by atoms with E-state index in [2.05, 4.69) is 51.0 Å². The average Bonchev–Trinajstić information content (AvgIpc) is 3.27. The number of hydrogen-bond donors (Lipinski definition) is 2. The molecule has 0 aliphatic carbocycles. The molecule has 0 bridgehead atoms. The van der Waals surface area contributed by atoms with Gasteiger partial charge in [-0.3, -0.25) is 4.99 Å². The predicted octanol–water partition coefficient (Wildman–Crippen LogP) is 3.01. The van der Waals surface area contributed by atoms with Crippen LogP contribution in [0.3, 0.4) is 0 Å². The van der Waals surface area contributed by atoms with E-state index in [-0.39, 0.29) is 0 Å². The number of aliphatic imine (C=N–C) groups is 1. The Balaban J connectivity index is 1.53. The molecule has 1 atom stereocenters. The van der Waals surface area contributed by atoms with Gasteiger partial charge in [-0.1, -0.05) is 6.07 Å². The first kappa shape index (κ1) is 17.6. The number of aryl methyl sites for hydroxylation is 1. The molecule has 134 valence electrons. The molecule has 1 aliphatic rings. The fourth-order valence-corrected chi connectivity index (χ4v) is 3.90. The Kier molecular flexibility index (Phi) is 5.81. The first-order valence-electron chi connectivity index (χ1n) is 8.58. The predicted molar refractivity (Wildman–Crippen MR) is 106 cm³/mol. The average molecular weight is 359 g/mol.